The molecule has 2 aromatic rings. The molecule has 2 rings (SSSR count). The van der Waals surface area contributed by atoms with Crippen molar-refractivity contribution in [3.63, 3.8) is 0 Å². The number of alkyl halides is 2. The lowest BCUT2D eigenvalue weighted by Crippen LogP contribution is -2.26. The number of nitrogens with zero attached hydrogens (tertiary/aromatic N) is 2. The molecule has 1 heterocycles. The molecule has 0 atom stereocenters. The first-order valence-corrected chi connectivity index (χ1v) is 8.26. The zero-order valence-electron chi connectivity index (χ0n) is 12.8. The molecular formula is C14H15F2N3O4S. The SMILES string of the molecule is Cc1cc(C(=O)O)cc(S(=O)(=O)NCc2nccn2C(F)F)c1C. The van der Waals surface area contributed by atoms with Crippen LogP contribution in [0.3, 0.4) is 0 Å². The summed E-state index contributed by atoms with van der Waals surface area (Å²) in [7, 11) is -4.10. The average molecular weight is 359 g/mol. The molecule has 0 radical (unpaired) electrons. The van der Waals surface area contributed by atoms with Gasteiger partial charge in [0, 0.05) is 12.4 Å². The van der Waals surface area contributed by atoms with Crippen LogP contribution in [0.1, 0.15) is 33.9 Å². The molecule has 0 amide bonds. The van der Waals surface area contributed by atoms with Gasteiger partial charge in [-0.05, 0) is 37.1 Å². The molecular weight excluding hydrogens is 344 g/mol. The predicted molar refractivity (Wildman–Crippen MR) is 80.4 cm³/mol. The Morgan fingerprint density at radius 1 is 1.38 bits per heavy atom. The summed E-state index contributed by atoms with van der Waals surface area (Å²) in [6, 6.07) is 2.40. The van der Waals surface area contributed by atoms with Crippen molar-refractivity contribution in [1.82, 2.24) is 14.3 Å². The molecule has 0 spiro atoms. The Hall–Kier alpha value is -2.33. The second-order valence-electron chi connectivity index (χ2n) is 5.07. The van der Waals surface area contributed by atoms with Gasteiger partial charge in [0.15, 0.2) is 0 Å². The highest BCUT2D eigenvalue weighted by Crippen LogP contribution is 2.22. The Balaban J connectivity index is 2.34. The van der Waals surface area contributed by atoms with Crippen molar-refractivity contribution in [3.05, 3.63) is 47.0 Å². The quantitative estimate of drug-likeness (QED) is 0.822. The summed E-state index contributed by atoms with van der Waals surface area (Å²) >= 11 is 0. The molecule has 0 bridgehead atoms. The van der Waals surface area contributed by atoms with Gasteiger partial charge in [0.2, 0.25) is 10.0 Å². The fourth-order valence-corrected chi connectivity index (χ4v) is 3.45. The summed E-state index contributed by atoms with van der Waals surface area (Å²) in [6.07, 6.45) is 2.17. The minimum Gasteiger partial charge on any atom is -0.478 e. The topological polar surface area (TPSA) is 101 Å². The molecule has 7 nitrogen and oxygen atoms in total. The number of hydrogen-bond acceptors (Lipinski definition) is 4. The number of aromatic nitrogens is 2. The minimum absolute atomic E-state index is 0.155. The van der Waals surface area contributed by atoms with Crippen LogP contribution in [0.2, 0.25) is 0 Å². The molecule has 0 aliphatic rings. The molecule has 0 saturated heterocycles. The van der Waals surface area contributed by atoms with E-state index in [0.29, 0.717) is 15.7 Å². The van der Waals surface area contributed by atoms with Gasteiger partial charge in [-0.25, -0.2) is 22.9 Å². The van der Waals surface area contributed by atoms with Crippen LogP contribution in [0.4, 0.5) is 8.78 Å². The Kier molecular flexibility index (Phi) is 4.99. The van der Waals surface area contributed by atoms with E-state index in [1.54, 1.807) is 6.92 Å². The number of nitrogens with one attached hydrogen (secondary N) is 1. The molecule has 130 valence electrons. The number of imidazole rings is 1. The van der Waals surface area contributed by atoms with Gasteiger partial charge in [-0.2, -0.15) is 8.78 Å². The van der Waals surface area contributed by atoms with Gasteiger partial charge in [0.25, 0.3) is 0 Å². The lowest BCUT2D eigenvalue weighted by Gasteiger charge is -2.13. The zero-order valence-corrected chi connectivity index (χ0v) is 13.6. The third-order valence-electron chi connectivity index (χ3n) is 3.54. The fraction of sp³-hybridized carbons (Fsp3) is 0.286. The van der Waals surface area contributed by atoms with Crippen molar-refractivity contribution in [3.8, 4) is 0 Å². The molecule has 24 heavy (non-hydrogen) atoms. The van der Waals surface area contributed by atoms with Crippen molar-refractivity contribution in [2.24, 2.45) is 0 Å². The first kappa shape index (κ1) is 18.0. The summed E-state index contributed by atoms with van der Waals surface area (Å²) in [4.78, 5) is 14.6. The maximum absolute atomic E-state index is 12.7. The van der Waals surface area contributed by atoms with Crippen LogP contribution in [0, 0.1) is 13.8 Å². The molecule has 0 unspecified atom stereocenters. The molecule has 0 saturated carbocycles. The first-order valence-electron chi connectivity index (χ1n) is 6.77. The standard InChI is InChI=1S/C14H15F2N3O4S/c1-8-5-10(13(20)21)6-11(9(8)2)24(22,23)18-7-12-17-3-4-19(12)14(15)16/h3-6,14,18H,7H2,1-2H3,(H,20,21). The van der Waals surface area contributed by atoms with E-state index in [2.05, 4.69) is 9.71 Å². The van der Waals surface area contributed by atoms with Crippen LogP contribution in [0.5, 0.6) is 0 Å². The molecule has 1 aromatic heterocycles. The number of carboxylic acids is 1. The van der Waals surface area contributed by atoms with Crippen molar-refractivity contribution in [2.45, 2.75) is 31.8 Å². The summed E-state index contributed by atoms with van der Waals surface area (Å²) in [5.41, 5.74) is 0.696. The largest absolute Gasteiger partial charge is 0.478 e. The molecule has 0 fully saturated rings. The van der Waals surface area contributed by atoms with Gasteiger partial charge < -0.3 is 5.11 Å². The fourth-order valence-electron chi connectivity index (χ4n) is 2.13. The number of aromatic carboxylic acids is 1. The molecule has 1 aromatic carbocycles. The van der Waals surface area contributed by atoms with E-state index >= 15 is 0 Å². The number of carboxylic acid groups (broad SMARTS) is 1. The number of rotatable bonds is 6. The van der Waals surface area contributed by atoms with Gasteiger partial charge in [0.05, 0.1) is 17.0 Å². The van der Waals surface area contributed by atoms with Crippen molar-refractivity contribution in [2.75, 3.05) is 0 Å². The van der Waals surface area contributed by atoms with E-state index in [4.69, 9.17) is 5.11 Å². The van der Waals surface area contributed by atoms with Crippen LogP contribution >= 0.6 is 0 Å². The lowest BCUT2D eigenvalue weighted by molar-refractivity contribution is 0.0667. The van der Waals surface area contributed by atoms with Crippen molar-refractivity contribution in [1.29, 1.82) is 0 Å². The molecule has 2 N–H and O–H groups in total. The first-order chi connectivity index (χ1) is 11.1. The van der Waals surface area contributed by atoms with E-state index in [9.17, 15) is 22.0 Å². The third kappa shape index (κ3) is 3.60. The summed E-state index contributed by atoms with van der Waals surface area (Å²) in [6.45, 7) is -0.165. The third-order valence-corrected chi connectivity index (χ3v) is 5.06. The second-order valence-corrected chi connectivity index (χ2v) is 6.81. The Bertz CT molecular complexity index is 878. The van der Waals surface area contributed by atoms with Gasteiger partial charge in [0.1, 0.15) is 5.82 Å². The minimum atomic E-state index is -4.10. The number of carbonyl (C=O) groups is 1. The van der Waals surface area contributed by atoms with Crippen LogP contribution in [-0.2, 0) is 16.6 Å². The van der Waals surface area contributed by atoms with Crippen molar-refractivity contribution < 1.29 is 27.1 Å². The lowest BCUT2D eigenvalue weighted by atomic mass is 10.1. The van der Waals surface area contributed by atoms with Gasteiger partial charge >= 0.3 is 12.5 Å². The highest BCUT2D eigenvalue weighted by Gasteiger charge is 2.22. The normalized spacial score (nSPS) is 11.9. The van der Waals surface area contributed by atoms with Crippen LogP contribution in [0.15, 0.2) is 29.4 Å². The Morgan fingerprint density at radius 2 is 2.04 bits per heavy atom. The van der Waals surface area contributed by atoms with E-state index < -0.39 is 29.1 Å². The van der Waals surface area contributed by atoms with E-state index in [0.717, 1.165) is 18.5 Å². The van der Waals surface area contributed by atoms with Crippen LogP contribution in [-0.4, -0.2) is 29.0 Å². The molecule has 10 heteroatoms. The number of aryl methyl sites for hydroxylation is 1. The highest BCUT2D eigenvalue weighted by molar-refractivity contribution is 7.89. The smallest absolute Gasteiger partial charge is 0.335 e. The number of sulfonamides is 1. The Morgan fingerprint density at radius 3 is 2.62 bits per heavy atom. The number of benzene rings is 1. The van der Waals surface area contributed by atoms with Gasteiger partial charge in [-0.3, -0.25) is 4.57 Å². The second kappa shape index (κ2) is 6.65. The summed E-state index contributed by atoms with van der Waals surface area (Å²) < 4.78 is 53.0. The van der Waals surface area contributed by atoms with Crippen LogP contribution in [0.25, 0.3) is 0 Å². The average Bonchev–Trinajstić information content (AvgIpc) is 2.96. The van der Waals surface area contributed by atoms with Crippen molar-refractivity contribution >= 4 is 16.0 Å². The monoisotopic (exact) mass is 359 g/mol. The van der Waals surface area contributed by atoms with Gasteiger partial charge in [-0.1, -0.05) is 0 Å². The number of hydrogen-bond donors (Lipinski definition) is 2. The van der Waals surface area contributed by atoms with Crippen LogP contribution < -0.4 is 4.72 Å². The number of halogens is 2. The predicted octanol–water partition coefficient (Wildman–Crippen LogP) is 2.07. The summed E-state index contributed by atoms with van der Waals surface area (Å²) in [5, 5.41) is 9.06. The Labute approximate surface area is 137 Å². The van der Waals surface area contributed by atoms with E-state index in [-0.39, 0.29) is 16.3 Å². The van der Waals surface area contributed by atoms with E-state index in [1.165, 1.54) is 13.0 Å². The van der Waals surface area contributed by atoms with E-state index in [1.807, 2.05) is 0 Å². The summed E-state index contributed by atoms with van der Waals surface area (Å²) in [5.74, 6) is -1.42. The highest BCUT2D eigenvalue weighted by atomic mass is 32.2. The molecule has 0 aliphatic carbocycles. The zero-order chi connectivity index (χ0) is 18.1. The van der Waals surface area contributed by atoms with Gasteiger partial charge in [-0.15, -0.1) is 0 Å². The maximum atomic E-state index is 12.7. The molecule has 0 aliphatic heterocycles. The maximum Gasteiger partial charge on any atom is 0.335 e.